The molecule has 4 fully saturated rings. The second-order valence-corrected chi connectivity index (χ2v) is 19.0. The van der Waals surface area contributed by atoms with Crippen molar-refractivity contribution in [2.45, 2.75) is 130 Å². The lowest BCUT2D eigenvalue weighted by Gasteiger charge is -2.57. The number of ketones is 1. The first kappa shape index (κ1) is 28.7. The van der Waals surface area contributed by atoms with Crippen molar-refractivity contribution < 1.29 is 33.0 Å². The van der Waals surface area contributed by atoms with Crippen molar-refractivity contribution >= 4 is 26.0 Å². The molecule has 4 rings (SSSR count). The molecule has 0 bridgehead atoms. The monoisotopic (exact) mass is 536 g/mol. The number of hydrogen-bond acceptors (Lipinski definition) is 7. The zero-order chi connectivity index (χ0) is 27.6. The highest BCUT2D eigenvalue weighted by molar-refractivity contribution is 6.74. The minimum atomic E-state index is -1.92. The number of ether oxygens (including phenoxy) is 3. The van der Waals surface area contributed by atoms with Crippen molar-refractivity contribution in [3.05, 3.63) is 0 Å². The fourth-order valence-corrected chi connectivity index (χ4v) is 9.59. The van der Waals surface area contributed by atoms with Crippen LogP contribution in [-0.2, 0) is 33.0 Å². The highest BCUT2D eigenvalue weighted by Gasteiger charge is 2.64. The fraction of sp³-hybridized carbons (Fsp3) is 0.897. The molecule has 210 valence electrons. The lowest BCUT2D eigenvalue weighted by molar-refractivity contribution is -0.300. The van der Waals surface area contributed by atoms with Gasteiger partial charge < -0.3 is 18.6 Å². The van der Waals surface area contributed by atoms with Crippen LogP contribution in [0.2, 0.25) is 18.1 Å². The summed E-state index contributed by atoms with van der Waals surface area (Å²) in [5.41, 5.74) is -0.401. The van der Waals surface area contributed by atoms with Crippen LogP contribution in [0.5, 0.6) is 0 Å². The van der Waals surface area contributed by atoms with Gasteiger partial charge in [0.25, 0.3) is 0 Å². The summed E-state index contributed by atoms with van der Waals surface area (Å²) in [6.45, 7) is 18.8. The molecule has 0 radical (unpaired) electrons. The van der Waals surface area contributed by atoms with E-state index >= 15 is 0 Å². The van der Waals surface area contributed by atoms with E-state index in [1.165, 1.54) is 13.8 Å². The van der Waals surface area contributed by atoms with E-state index in [0.717, 1.165) is 32.1 Å². The number of rotatable bonds is 4. The van der Waals surface area contributed by atoms with Crippen molar-refractivity contribution in [3.8, 4) is 0 Å². The van der Waals surface area contributed by atoms with Gasteiger partial charge in [0.15, 0.2) is 8.32 Å². The van der Waals surface area contributed by atoms with E-state index in [-0.39, 0.29) is 28.3 Å². The van der Waals surface area contributed by atoms with Gasteiger partial charge in [0.05, 0.1) is 12.0 Å². The van der Waals surface area contributed by atoms with Gasteiger partial charge in [-0.15, -0.1) is 0 Å². The predicted octanol–water partition coefficient (Wildman–Crippen LogP) is 6.00. The largest absolute Gasteiger partial charge is 0.436 e. The van der Waals surface area contributed by atoms with Crippen molar-refractivity contribution in [2.24, 2.45) is 34.5 Å². The number of esters is 2. The van der Waals surface area contributed by atoms with Gasteiger partial charge in [-0.1, -0.05) is 34.6 Å². The molecule has 7 nitrogen and oxygen atoms in total. The summed E-state index contributed by atoms with van der Waals surface area (Å²) in [6.07, 6.45) is 4.34. The summed E-state index contributed by atoms with van der Waals surface area (Å²) in [7, 11) is -1.92. The van der Waals surface area contributed by atoms with Gasteiger partial charge >= 0.3 is 11.9 Å². The molecule has 0 aromatic rings. The van der Waals surface area contributed by atoms with Crippen LogP contribution < -0.4 is 0 Å². The van der Waals surface area contributed by atoms with Crippen LogP contribution in [0.4, 0.5) is 0 Å². The third kappa shape index (κ3) is 5.07. The SMILES string of the molecule is CC(=O)O[C@H]1C[C@@]2(C)[C@H](C(=O)CC[C@@H]3[C@@H]2CC[C@]2(C)[C@@H](O[Si](C)(C)C(C)(C)C)CC[C@@H]32)[C@H](OC(C)=O)O1. The lowest BCUT2D eigenvalue weighted by atomic mass is 9.51. The van der Waals surface area contributed by atoms with Gasteiger partial charge in [0.1, 0.15) is 5.78 Å². The quantitative estimate of drug-likeness (QED) is 0.321. The summed E-state index contributed by atoms with van der Waals surface area (Å²) in [6, 6.07) is 0. The zero-order valence-corrected chi connectivity index (χ0v) is 25.3. The highest BCUT2D eigenvalue weighted by atomic mass is 28.4. The molecule has 1 saturated heterocycles. The number of hydrogen-bond donors (Lipinski definition) is 0. The Hall–Kier alpha value is -1.25. The lowest BCUT2D eigenvalue weighted by Crippen LogP contribution is -2.58. The van der Waals surface area contributed by atoms with Gasteiger partial charge in [0.2, 0.25) is 12.6 Å². The van der Waals surface area contributed by atoms with Crippen LogP contribution in [0.1, 0.15) is 93.4 Å². The summed E-state index contributed by atoms with van der Waals surface area (Å²) in [5, 5.41) is 0.160. The maximum Gasteiger partial charge on any atom is 0.304 e. The second kappa shape index (κ2) is 9.74. The van der Waals surface area contributed by atoms with Crippen LogP contribution in [0, 0.1) is 34.5 Å². The van der Waals surface area contributed by atoms with Crippen LogP contribution in [0.15, 0.2) is 0 Å². The molecule has 0 aromatic carbocycles. The van der Waals surface area contributed by atoms with Crippen molar-refractivity contribution in [1.29, 1.82) is 0 Å². The Bertz CT molecular complexity index is 926. The van der Waals surface area contributed by atoms with E-state index in [1.54, 1.807) is 0 Å². The average Bonchev–Trinajstić information content (AvgIpc) is 2.99. The molecular weight excluding hydrogens is 488 g/mol. The maximum atomic E-state index is 13.7. The normalized spacial score (nSPS) is 42.2. The summed E-state index contributed by atoms with van der Waals surface area (Å²) in [5.74, 6) is -0.286. The molecule has 8 heteroatoms. The molecule has 9 atom stereocenters. The van der Waals surface area contributed by atoms with Crippen molar-refractivity contribution in [2.75, 3.05) is 0 Å². The van der Waals surface area contributed by atoms with E-state index in [1.807, 2.05) is 0 Å². The van der Waals surface area contributed by atoms with Gasteiger partial charge in [-0.05, 0) is 78.8 Å². The van der Waals surface area contributed by atoms with Crippen LogP contribution in [0.3, 0.4) is 0 Å². The third-order valence-corrected chi connectivity index (χ3v) is 15.5. The molecule has 3 aliphatic carbocycles. The first-order chi connectivity index (χ1) is 17.0. The Labute approximate surface area is 223 Å². The van der Waals surface area contributed by atoms with Gasteiger partial charge in [-0.3, -0.25) is 14.4 Å². The van der Waals surface area contributed by atoms with Crippen LogP contribution in [0.25, 0.3) is 0 Å². The molecule has 0 aromatic heterocycles. The highest BCUT2D eigenvalue weighted by Crippen LogP contribution is 2.65. The number of Topliss-reactive ketones (excluding diaryl/α,β-unsaturated/α-hetero) is 1. The molecular formula is C29H48O7Si. The Morgan fingerprint density at radius 3 is 2.16 bits per heavy atom. The minimum Gasteiger partial charge on any atom is -0.436 e. The Balaban J connectivity index is 1.66. The van der Waals surface area contributed by atoms with E-state index < -0.39 is 44.2 Å². The maximum absolute atomic E-state index is 13.7. The van der Waals surface area contributed by atoms with E-state index in [2.05, 4.69) is 47.7 Å². The van der Waals surface area contributed by atoms with Crippen molar-refractivity contribution in [3.63, 3.8) is 0 Å². The van der Waals surface area contributed by atoms with Crippen LogP contribution >= 0.6 is 0 Å². The Kier molecular flexibility index (Phi) is 7.57. The first-order valence-corrected chi connectivity index (χ1v) is 17.1. The summed E-state index contributed by atoms with van der Waals surface area (Å²) >= 11 is 0. The predicted molar refractivity (Wildman–Crippen MR) is 142 cm³/mol. The van der Waals surface area contributed by atoms with Gasteiger partial charge in [-0.25, -0.2) is 0 Å². The molecule has 3 saturated carbocycles. The van der Waals surface area contributed by atoms with E-state index in [0.29, 0.717) is 24.7 Å². The number of carbonyl (C=O) groups is 3. The molecule has 0 unspecified atom stereocenters. The fourth-order valence-electron chi connectivity index (χ4n) is 8.14. The molecule has 37 heavy (non-hydrogen) atoms. The summed E-state index contributed by atoms with van der Waals surface area (Å²) in [4.78, 5) is 37.5. The topological polar surface area (TPSA) is 88.1 Å². The molecule has 4 aliphatic rings. The standard InChI is InChI=1S/C29H48O7Si/c1-17(30)33-24-16-29(7)21-14-15-28(6)20(11-13-23(28)36-37(8,9)27(3,4)5)19(21)10-12-22(32)25(29)26(35-24)34-18(2)31/h19-21,23-26H,10-16H2,1-9H3/t19-,20-,21-,23-,24+,25+,26+,28-,29+/m0/s1. The zero-order valence-electron chi connectivity index (χ0n) is 24.3. The van der Waals surface area contributed by atoms with Gasteiger partial charge in [-0.2, -0.15) is 0 Å². The molecule has 0 N–H and O–H groups in total. The smallest absolute Gasteiger partial charge is 0.304 e. The number of carbonyl (C=O) groups excluding carboxylic acids is 3. The Morgan fingerprint density at radius 2 is 1.57 bits per heavy atom. The molecule has 0 amide bonds. The minimum absolute atomic E-state index is 0.0890. The number of fused-ring (bicyclic) bond motifs is 5. The van der Waals surface area contributed by atoms with Gasteiger partial charge in [0, 0.05) is 26.7 Å². The van der Waals surface area contributed by atoms with E-state index in [9.17, 15) is 14.4 Å². The molecule has 1 aliphatic heterocycles. The van der Waals surface area contributed by atoms with Crippen LogP contribution in [-0.4, -0.2) is 44.7 Å². The summed E-state index contributed by atoms with van der Waals surface area (Å²) < 4.78 is 24.1. The van der Waals surface area contributed by atoms with Crippen molar-refractivity contribution in [1.82, 2.24) is 0 Å². The average molecular weight is 537 g/mol. The first-order valence-electron chi connectivity index (χ1n) is 14.2. The molecule has 1 heterocycles. The second-order valence-electron chi connectivity index (χ2n) is 14.2. The molecule has 0 spiro atoms. The van der Waals surface area contributed by atoms with E-state index in [4.69, 9.17) is 18.6 Å². The Morgan fingerprint density at radius 1 is 0.946 bits per heavy atom. The third-order valence-electron chi connectivity index (χ3n) is 11.0.